The number of hydrogen-bond donors (Lipinski definition) is 0. The molecule has 328 valence electrons. The monoisotopic (exact) mass is 883 g/mol. The average Bonchev–Trinajstić information content (AvgIpc) is 4.10. The fraction of sp³-hybridized carbons (Fsp3) is 0.106. The topological polar surface area (TPSA) is 22.8 Å². The Morgan fingerprint density at radius 3 is 2.03 bits per heavy atom. The first kappa shape index (κ1) is 39.9. The predicted octanol–water partition coefficient (Wildman–Crippen LogP) is 17.1. The van der Waals surface area contributed by atoms with Gasteiger partial charge in [0.1, 0.15) is 0 Å². The first-order valence-electron chi connectivity index (χ1n) is 24.6. The minimum Gasteiger partial charge on any atom is -0.313 e. The summed E-state index contributed by atoms with van der Waals surface area (Å²) in [4.78, 5) is 5.46. The molecule has 3 unspecified atom stereocenters. The summed E-state index contributed by atoms with van der Waals surface area (Å²) in [6.07, 6.45) is 21.7. The minimum atomic E-state index is 0.511. The van der Waals surface area contributed by atoms with Crippen LogP contribution in [-0.4, -0.2) is 14.1 Å². The molecule has 0 spiro atoms. The Hall–Kier alpha value is -8.27. The molecular weight excluding hydrogens is 835 g/mol. The van der Waals surface area contributed by atoms with Crippen LogP contribution in [0.4, 0.5) is 0 Å². The zero-order valence-electron chi connectivity index (χ0n) is 38.6. The van der Waals surface area contributed by atoms with Crippen LogP contribution in [0.5, 0.6) is 0 Å². The number of benzene rings is 7. The van der Waals surface area contributed by atoms with Crippen LogP contribution in [0.1, 0.15) is 65.4 Å². The van der Waals surface area contributed by atoms with Gasteiger partial charge < -0.3 is 9.13 Å². The van der Waals surface area contributed by atoms with E-state index in [1.165, 1.54) is 95.7 Å². The number of fused-ring (bicyclic) bond motifs is 9. The van der Waals surface area contributed by atoms with Gasteiger partial charge in [-0.2, -0.15) is 0 Å². The van der Waals surface area contributed by atoms with Crippen molar-refractivity contribution in [2.75, 3.05) is 0 Å². The molecule has 3 atom stereocenters. The van der Waals surface area contributed by atoms with Crippen LogP contribution in [0.3, 0.4) is 0 Å². The number of allylic oxidation sites excluding steroid dienone is 5. The lowest BCUT2D eigenvalue weighted by Crippen LogP contribution is -2.05. The highest BCUT2D eigenvalue weighted by atomic mass is 15.0. The third kappa shape index (κ3) is 6.67. The maximum Gasteiger partial charge on any atom is 0.0716 e. The molecule has 0 bridgehead atoms. The molecule has 1 saturated carbocycles. The van der Waals surface area contributed by atoms with Gasteiger partial charge in [-0.1, -0.05) is 171 Å². The van der Waals surface area contributed by atoms with Gasteiger partial charge in [-0.05, 0) is 141 Å². The molecule has 3 heteroatoms. The normalized spacial score (nSPS) is 17.4. The highest BCUT2D eigenvalue weighted by Gasteiger charge is 2.44. The molecule has 0 N–H and O–H groups in total. The smallest absolute Gasteiger partial charge is 0.0716 e. The number of para-hydroxylation sites is 1. The molecular formula is C66H49N3. The highest BCUT2D eigenvalue weighted by Crippen LogP contribution is 2.56. The fourth-order valence-corrected chi connectivity index (χ4v) is 11.8. The van der Waals surface area contributed by atoms with Crippen LogP contribution in [0, 0.1) is 5.92 Å². The van der Waals surface area contributed by atoms with Crippen molar-refractivity contribution in [2.24, 2.45) is 5.92 Å². The molecule has 7 aromatic carbocycles. The van der Waals surface area contributed by atoms with E-state index in [-0.39, 0.29) is 0 Å². The first-order chi connectivity index (χ1) is 34.1. The molecule has 4 aliphatic carbocycles. The van der Waals surface area contributed by atoms with Gasteiger partial charge in [-0.3, -0.25) is 0 Å². The summed E-state index contributed by atoms with van der Waals surface area (Å²) < 4.78 is 5.04. The predicted molar refractivity (Wildman–Crippen MR) is 289 cm³/mol. The lowest BCUT2D eigenvalue weighted by Gasteiger charge is -2.18. The molecule has 3 nitrogen and oxygen atoms in total. The number of aromatic nitrogens is 3. The average molecular weight is 884 g/mol. The van der Waals surface area contributed by atoms with Crippen LogP contribution in [-0.2, 0) is 6.42 Å². The van der Waals surface area contributed by atoms with Gasteiger partial charge in [0.05, 0.1) is 16.7 Å². The van der Waals surface area contributed by atoms with E-state index >= 15 is 0 Å². The Kier molecular flexibility index (Phi) is 9.20. The number of pyridine rings is 1. The van der Waals surface area contributed by atoms with Gasteiger partial charge in [-0.15, -0.1) is 0 Å². The van der Waals surface area contributed by atoms with Crippen LogP contribution in [0.15, 0.2) is 206 Å². The molecule has 4 aliphatic rings. The summed E-state index contributed by atoms with van der Waals surface area (Å²) in [5.74, 6) is 1.79. The Morgan fingerprint density at radius 1 is 0.507 bits per heavy atom. The molecule has 3 aromatic heterocycles. The molecule has 69 heavy (non-hydrogen) atoms. The first-order valence-corrected chi connectivity index (χ1v) is 24.6. The summed E-state index contributed by atoms with van der Waals surface area (Å²) in [7, 11) is 0. The molecule has 0 radical (unpaired) electrons. The Bertz CT molecular complexity index is 3830. The number of rotatable bonds is 7. The lowest BCUT2D eigenvalue weighted by molar-refractivity contribution is 0.766. The molecule has 3 heterocycles. The van der Waals surface area contributed by atoms with Crippen molar-refractivity contribution in [2.45, 2.75) is 38.0 Å². The summed E-state index contributed by atoms with van der Waals surface area (Å²) in [5, 5.41) is 2.42. The Balaban J connectivity index is 0.877. The van der Waals surface area contributed by atoms with E-state index in [9.17, 15) is 0 Å². The molecule has 10 aromatic rings. The van der Waals surface area contributed by atoms with Crippen LogP contribution in [0.2, 0.25) is 0 Å². The van der Waals surface area contributed by atoms with Gasteiger partial charge in [0.2, 0.25) is 0 Å². The SMILES string of the molecule is CC1CC=Cc2c1c1c(n2-c2cccc(-c3ccc4nc(-c5cccc(-c6cccc(-n7c8c(c9ccccc97)C=CC=CC8)c6)c5)cc(-c5ccc(-c6ccccc6)cc5)c4c3)c2)C2CC2C=C1. The summed E-state index contributed by atoms with van der Waals surface area (Å²) >= 11 is 0. The van der Waals surface area contributed by atoms with Gasteiger partial charge >= 0.3 is 0 Å². The van der Waals surface area contributed by atoms with E-state index < -0.39 is 0 Å². The molecule has 0 saturated heterocycles. The molecule has 0 amide bonds. The van der Waals surface area contributed by atoms with Crippen molar-refractivity contribution in [1.82, 2.24) is 14.1 Å². The van der Waals surface area contributed by atoms with E-state index in [1.807, 2.05) is 0 Å². The molecule has 1 fully saturated rings. The van der Waals surface area contributed by atoms with Crippen LogP contribution in [0.25, 0.3) is 107 Å². The van der Waals surface area contributed by atoms with Crippen molar-refractivity contribution in [3.05, 3.63) is 240 Å². The van der Waals surface area contributed by atoms with Crippen molar-refractivity contribution in [3.63, 3.8) is 0 Å². The largest absolute Gasteiger partial charge is 0.313 e. The quantitative estimate of drug-likeness (QED) is 0.156. The third-order valence-corrected chi connectivity index (χ3v) is 15.3. The van der Waals surface area contributed by atoms with Gasteiger partial charge in [0.15, 0.2) is 0 Å². The van der Waals surface area contributed by atoms with Crippen molar-refractivity contribution in [1.29, 1.82) is 0 Å². The Labute approximate surface area is 403 Å². The van der Waals surface area contributed by atoms with Crippen molar-refractivity contribution >= 4 is 40.0 Å². The van der Waals surface area contributed by atoms with E-state index in [0.29, 0.717) is 17.8 Å². The van der Waals surface area contributed by atoms with E-state index in [1.54, 1.807) is 0 Å². The van der Waals surface area contributed by atoms with Crippen molar-refractivity contribution < 1.29 is 0 Å². The zero-order valence-corrected chi connectivity index (χ0v) is 38.6. The molecule has 0 aliphatic heterocycles. The second-order valence-electron chi connectivity index (χ2n) is 19.5. The van der Waals surface area contributed by atoms with E-state index in [4.69, 9.17) is 4.98 Å². The second-order valence-corrected chi connectivity index (χ2v) is 19.5. The zero-order chi connectivity index (χ0) is 45.6. The van der Waals surface area contributed by atoms with Gasteiger partial charge in [-0.25, -0.2) is 4.98 Å². The summed E-state index contributed by atoms with van der Waals surface area (Å²) in [6, 6.07) is 64.8. The van der Waals surface area contributed by atoms with E-state index in [2.05, 4.69) is 241 Å². The summed E-state index contributed by atoms with van der Waals surface area (Å²) in [6.45, 7) is 2.39. The van der Waals surface area contributed by atoms with Gasteiger partial charge in [0.25, 0.3) is 0 Å². The van der Waals surface area contributed by atoms with E-state index in [0.717, 1.165) is 46.3 Å². The fourth-order valence-electron chi connectivity index (χ4n) is 11.8. The third-order valence-electron chi connectivity index (χ3n) is 15.3. The van der Waals surface area contributed by atoms with Crippen LogP contribution < -0.4 is 0 Å². The highest BCUT2D eigenvalue weighted by molar-refractivity contribution is 6.00. The number of hydrogen-bond acceptors (Lipinski definition) is 1. The second kappa shape index (κ2) is 15.9. The lowest BCUT2D eigenvalue weighted by atomic mass is 9.88. The standard InChI is InChI=1S/C66H49N3/c1-42-14-10-27-64-65(42)56-34-32-50-40-58(50)66(56)69(64)53-22-13-19-48(38-53)49-33-35-60-59(39-49)57(45-30-28-44(29-31-45)43-15-4-2-5-16-43)41-61(67-60)51-20-11-17-46(36-51)47-18-12-21-52(37-47)68-62-25-7-3-6-23-54(62)55-24-8-9-26-63(55)68/h2-13,15-24,26-39,41-42,50,58H,14,25,40H2,1H3. The maximum atomic E-state index is 5.46. The molecule has 14 rings (SSSR count). The Morgan fingerprint density at radius 2 is 1.19 bits per heavy atom. The van der Waals surface area contributed by atoms with Crippen LogP contribution >= 0.6 is 0 Å². The van der Waals surface area contributed by atoms with Crippen molar-refractivity contribution in [3.8, 4) is 67.1 Å². The number of nitrogens with zero attached hydrogens (tertiary/aromatic N) is 3. The van der Waals surface area contributed by atoms with Gasteiger partial charge in [0, 0.05) is 62.7 Å². The minimum absolute atomic E-state index is 0.511. The maximum absolute atomic E-state index is 5.46. The summed E-state index contributed by atoms with van der Waals surface area (Å²) in [5.41, 5.74) is 24.6.